The summed E-state index contributed by atoms with van der Waals surface area (Å²) in [5, 5.41) is 2.15. The molecule has 0 bridgehead atoms. The van der Waals surface area contributed by atoms with Gasteiger partial charge in [-0.3, -0.25) is 4.40 Å². The van der Waals surface area contributed by atoms with Crippen LogP contribution in [0.15, 0.2) is 66.2 Å². The number of rotatable bonds is 4. The van der Waals surface area contributed by atoms with Gasteiger partial charge in [0.1, 0.15) is 0 Å². The van der Waals surface area contributed by atoms with Crippen LogP contribution >= 0.6 is 11.3 Å². The first-order valence-corrected chi connectivity index (χ1v) is 8.95. The zero-order valence-corrected chi connectivity index (χ0v) is 14.3. The van der Waals surface area contributed by atoms with E-state index in [4.69, 9.17) is 10.7 Å². The van der Waals surface area contributed by atoms with Crippen LogP contribution in [0.5, 0.6) is 0 Å². The molecule has 2 heterocycles. The number of hydrogen-bond donors (Lipinski definition) is 1. The minimum atomic E-state index is 0.152. The Morgan fingerprint density at radius 3 is 2.38 bits per heavy atom. The molecule has 2 aromatic heterocycles. The first kappa shape index (κ1) is 15.1. The van der Waals surface area contributed by atoms with Crippen molar-refractivity contribution in [3.8, 4) is 22.4 Å². The number of aromatic nitrogens is 2. The van der Waals surface area contributed by atoms with Gasteiger partial charge in [-0.25, -0.2) is 4.98 Å². The van der Waals surface area contributed by atoms with Crippen LogP contribution in [-0.4, -0.2) is 15.4 Å². The summed E-state index contributed by atoms with van der Waals surface area (Å²) in [6, 6.07) is 19.2. The third kappa shape index (κ3) is 2.86. The third-order valence-electron chi connectivity index (χ3n) is 4.10. The first-order chi connectivity index (χ1) is 11.7. The fraction of sp³-hybridized carbons (Fsp3) is 0.150. The molecule has 4 heteroatoms. The number of benzene rings is 2. The fourth-order valence-electron chi connectivity index (χ4n) is 2.91. The van der Waals surface area contributed by atoms with Crippen molar-refractivity contribution in [2.24, 2.45) is 5.73 Å². The highest BCUT2D eigenvalue weighted by atomic mass is 32.1. The van der Waals surface area contributed by atoms with Crippen LogP contribution in [-0.2, 0) is 6.42 Å². The lowest BCUT2D eigenvalue weighted by molar-refractivity contribution is 0.718. The Balaban J connectivity index is 1.66. The molecule has 1 atom stereocenters. The molecule has 4 rings (SSSR count). The molecule has 0 saturated carbocycles. The van der Waals surface area contributed by atoms with Crippen molar-refractivity contribution < 1.29 is 0 Å². The Bertz CT molecular complexity index is 950. The molecule has 3 nitrogen and oxygen atoms in total. The van der Waals surface area contributed by atoms with Gasteiger partial charge < -0.3 is 5.73 Å². The summed E-state index contributed by atoms with van der Waals surface area (Å²) in [6.07, 6.45) is 2.98. The van der Waals surface area contributed by atoms with Gasteiger partial charge in [0.25, 0.3) is 0 Å². The van der Waals surface area contributed by atoms with E-state index in [0.717, 1.165) is 22.6 Å². The molecule has 0 aliphatic heterocycles. The zero-order chi connectivity index (χ0) is 16.5. The summed E-state index contributed by atoms with van der Waals surface area (Å²) >= 11 is 1.67. The molecular weight excluding hydrogens is 314 g/mol. The Morgan fingerprint density at radius 2 is 1.67 bits per heavy atom. The van der Waals surface area contributed by atoms with Gasteiger partial charge in [-0.2, -0.15) is 0 Å². The van der Waals surface area contributed by atoms with Crippen molar-refractivity contribution in [1.29, 1.82) is 0 Å². The lowest BCUT2D eigenvalue weighted by Crippen LogP contribution is -2.18. The summed E-state index contributed by atoms with van der Waals surface area (Å²) in [5.41, 5.74) is 11.8. The molecule has 2 N–H and O–H groups in total. The van der Waals surface area contributed by atoms with Crippen molar-refractivity contribution in [1.82, 2.24) is 9.38 Å². The van der Waals surface area contributed by atoms with Crippen molar-refractivity contribution in [2.75, 3.05) is 0 Å². The molecular formula is C20H19N3S. The third-order valence-corrected chi connectivity index (χ3v) is 4.99. The number of thiazole rings is 1. The lowest BCUT2D eigenvalue weighted by atomic mass is 10.0. The minimum Gasteiger partial charge on any atom is -0.328 e. The van der Waals surface area contributed by atoms with Crippen LogP contribution in [0.2, 0.25) is 0 Å². The van der Waals surface area contributed by atoms with Gasteiger partial charge in [-0.15, -0.1) is 11.3 Å². The van der Waals surface area contributed by atoms with Crippen molar-refractivity contribution in [3.63, 3.8) is 0 Å². The second kappa shape index (κ2) is 6.23. The number of nitrogens with two attached hydrogens (primary N) is 1. The first-order valence-electron chi connectivity index (χ1n) is 8.07. The minimum absolute atomic E-state index is 0.152. The fourth-order valence-corrected chi connectivity index (χ4v) is 3.79. The molecule has 1 unspecified atom stereocenters. The topological polar surface area (TPSA) is 43.3 Å². The van der Waals surface area contributed by atoms with Gasteiger partial charge in [0.2, 0.25) is 0 Å². The Morgan fingerprint density at radius 1 is 1.00 bits per heavy atom. The molecule has 0 radical (unpaired) electrons. The van der Waals surface area contributed by atoms with E-state index in [2.05, 4.69) is 64.5 Å². The monoisotopic (exact) mass is 333 g/mol. The van der Waals surface area contributed by atoms with E-state index >= 15 is 0 Å². The summed E-state index contributed by atoms with van der Waals surface area (Å²) in [6.45, 7) is 2.03. The Hall–Kier alpha value is -2.43. The van der Waals surface area contributed by atoms with E-state index in [-0.39, 0.29) is 6.04 Å². The SMILES string of the molecule is CC(N)Cc1csc2nc(-c3ccc(-c4ccccc4)cc3)cn12. The summed E-state index contributed by atoms with van der Waals surface area (Å²) < 4.78 is 2.16. The summed E-state index contributed by atoms with van der Waals surface area (Å²) in [4.78, 5) is 5.78. The van der Waals surface area contributed by atoms with Crippen molar-refractivity contribution in [2.45, 2.75) is 19.4 Å². The van der Waals surface area contributed by atoms with E-state index in [1.54, 1.807) is 11.3 Å². The Kier molecular flexibility index (Phi) is 3.92. The van der Waals surface area contributed by atoms with E-state index in [1.165, 1.54) is 16.8 Å². The second-order valence-corrected chi connectivity index (χ2v) is 6.97. The normalized spacial score (nSPS) is 12.6. The van der Waals surface area contributed by atoms with Crippen LogP contribution in [0, 0.1) is 0 Å². The van der Waals surface area contributed by atoms with Gasteiger partial charge in [-0.05, 0) is 18.1 Å². The van der Waals surface area contributed by atoms with Gasteiger partial charge in [0.15, 0.2) is 4.96 Å². The molecule has 0 fully saturated rings. The maximum absolute atomic E-state index is 5.94. The van der Waals surface area contributed by atoms with E-state index < -0.39 is 0 Å². The molecule has 0 aliphatic rings. The number of hydrogen-bond acceptors (Lipinski definition) is 3. The predicted molar refractivity (Wildman–Crippen MR) is 101 cm³/mol. The van der Waals surface area contributed by atoms with E-state index in [0.29, 0.717) is 0 Å². The summed E-state index contributed by atoms with van der Waals surface area (Å²) in [5.74, 6) is 0. The summed E-state index contributed by atoms with van der Waals surface area (Å²) in [7, 11) is 0. The van der Waals surface area contributed by atoms with Crippen molar-refractivity contribution in [3.05, 3.63) is 71.9 Å². The molecule has 0 aliphatic carbocycles. The Labute approximate surface area is 145 Å². The lowest BCUT2D eigenvalue weighted by Gasteiger charge is -2.03. The van der Waals surface area contributed by atoms with Gasteiger partial charge in [-0.1, -0.05) is 54.6 Å². The standard InChI is InChI=1S/C20H19N3S/c1-14(21)11-18-13-24-20-22-19(12-23(18)20)17-9-7-16(8-10-17)15-5-3-2-4-6-15/h2-10,12-14H,11,21H2,1H3. The van der Waals surface area contributed by atoms with E-state index in [9.17, 15) is 0 Å². The average Bonchev–Trinajstić information content (AvgIpc) is 3.18. The van der Waals surface area contributed by atoms with Gasteiger partial charge >= 0.3 is 0 Å². The molecule has 0 amide bonds. The number of fused-ring (bicyclic) bond motifs is 1. The van der Waals surface area contributed by atoms with Gasteiger partial charge in [0.05, 0.1) is 5.69 Å². The smallest absolute Gasteiger partial charge is 0.194 e. The molecule has 0 saturated heterocycles. The van der Waals surface area contributed by atoms with Crippen LogP contribution in [0.25, 0.3) is 27.3 Å². The van der Waals surface area contributed by atoms with Crippen LogP contribution in [0.4, 0.5) is 0 Å². The second-order valence-electron chi connectivity index (χ2n) is 6.13. The highest BCUT2D eigenvalue weighted by Crippen LogP contribution is 2.27. The maximum Gasteiger partial charge on any atom is 0.194 e. The number of imidazole rings is 1. The largest absolute Gasteiger partial charge is 0.328 e. The van der Waals surface area contributed by atoms with Crippen LogP contribution < -0.4 is 5.73 Å². The molecule has 2 aromatic carbocycles. The zero-order valence-electron chi connectivity index (χ0n) is 13.5. The molecule has 0 spiro atoms. The maximum atomic E-state index is 5.94. The van der Waals surface area contributed by atoms with Gasteiger partial charge in [0, 0.05) is 35.3 Å². The quantitative estimate of drug-likeness (QED) is 0.592. The van der Waals surface area contributed by atoms with Crippen LogP contribution in [0.3, 0.4) is 0 Å². The van der Waals surface area contributed by atoms with Crippen molar-refractivity contribution >= 4 is 16.3 Å². The predicted octanol–water partition coefficient (Wildman–Crippen LogP) is 4.62. The highest BCUT2D eigenvalue weighted by Gasteiger charge is 2.11. The molecule has 4 aromatic rings. The van der Waals surface area contributed by atoms with Crippen LogP contribution in [0.1, 0.15) is 12.6 Å². The van der Waals surface area contributed by atoms with E-state index in [1.807, 2.05) is 13.0 Å². The highest BCUT2D eigenvalue weighted by molar-refractivity contribution is 7.15. The molecule has 120 valence electrons. The number of nitrogens with zero attached hydrogens (tertiary/aromatic N) is 2. The average molecular weight is 333 g/mol. The molecule has 24 heavy (non-hydrogen) atoms.